The standard InChI is InChI=1S/C18H23N3O2/c1-12(13-6-7-13)21(14-8-9-14)18(23)10-20-16-5-3-2-4-15(16)19-17(20)11-22/h2-5,12-14,22H,6-11H2,1H3. The molecule has 0 aliphatic heterocycles. The molecule has 5 heteroatoms. The third kappa shape index (κ3) is 2.74. The largest absolute Gasteiger partial charge is 0.388 e. The molecule has 1 heterocycles. The molecular weight excluding hydrogens is 290 g/mol. The smallest absolute Gasteiger partial charge is 0.243 e. The number of aliphatic hydroxyl groups excluding tert-OH is 1. The van der Waals surface area contributed by atoms with Gasteiger partial charge in [-0.3, -0.25) is 4.79 Å². The molecule has 5 nitrogen and oxygen atoms in total. The van der Waals surface area contributed by atoms with Crippen molar-refractivity contribution in [3.05, 3.63) is 30.1 Å². The first-order valence-electron chi connectivity index (χ1n) is 8.55. The van der Waals surface area contributed by atoms with E-state index in [2.05, 4.69) is 16.8 Å². The number of carbonyl (C=O) groups is 1. The van der Waals surface area contributed by atoms with Gasteiger partial charge in [0.2, 0.25) is 5.91 Å². The van der Waals surface area contributed by atoms with Crippen LogP contribution in [0.15, 0.2) is 24.3 Å². The fraction of sp³-hybridized carbons (Fsp3) is 0.556. The van der Waals surface area contributed by atoms with Crippen LogP contribution in [0.25, 0.3) is 11.0 Å². The van der Waals surface area contributed by atoms with E-state index in [9.17, 15) is 9.90 Å². The quantitative estimate of drug-likeness (QED) is 0.890. The number of amides is 1. The van der Waals surface area contributed by atoms with Crippen molar-refractivity contribution < 1.29 is 9.90 Å². The molecule has 1 atom stereocenters. The second-order valence-electron chi connectivity index (χ2n) is 6.87. The van der Waals surface area contributed by atoms with E-state index in [4.69, 9.17) is 0 Å². The maximum absolute atomic E-state index is 13.0. The summed E-state index contributed by atoms with van der Waals surface area (Å²) in [5.74, 6) is 1.40. The van der Waals surface area contributed by atoms with Gasteiger partial charge < -0.3 is 14.6 Å². The van der Waals surface area contributed by atoms with Crippen molar-refractivity contribution in [3.8, 4) is 0 Å². The highest BCUT2D eigenvalue weighted by Gasteiger charge is 2.41. The molecule has 2 saturated carbocycles. The Bertz CT molecular complexity index is 731. The van der Waals surface area contributed by atoms with Crippen LogP contribution in [0.1, 0.15) is 38.4 Å². The average Bonchev–Trinajstić information content (AvgIpc) is 3.45. The highest BCUT2D eigenvalue weighted by Crippen LogP contribution is 2.39. The summed E-state index contributed by atoms with van der Waals surface area (Å²) in [6.07, 6.45) is 4.74. The molecule has 2 fully saturated rings. The maximum Gasteiger partial charge on any atom is 0.243 e. The van der Waals surface area contributed by atoms with Crippen LogP contribution in [0, 0.1) is 5.92 Å². The monoisotopic (exact) mass is 313 g/mol. The number of hydrogen-bond donors (Lipinski definition) is 1. The van der Waals surface area contributed by atoms with E-state index in [1.165, 1.54) is 12.8 Å². The van der Waals surface area contributed by atoms with Crippen molar-refractivity contribution >= 4 is 16.9 Å². The number of aliphatic hydroxyl groups is 1. The molecule has 1 amide bonds. The SMILES string of the molecule is CC(C1CC1)N(C(=O)Cn1c(CO)nc2ccccc21)C1CC1. The molecular formula is C18H23N3O2. The lowest BCUT2D eigenvalue weighted by Gasteiger charge is -2.30. The Morgan fingerprint density at radius 3 is 2.74 bits per heavy atom. The van der Waals surface area contributed by atoms with Crippen molar-refractivity contribution in [2.75, 3.05) is 0 Å². The lowest BCUT2D eigenvalue weighted by molar-refractivity contribution is -0.135. The molecule has 23 heavy (non-hydrogen) atoms. The van der Waals surface area contributed by atoms with E-state index in [1.54, 1.807) is 0 Å². The molecule has 4 rings (SSSR count). The second-order valence-corrected chi connectivity index (χ2v) is 6.87. The Morgan fingerprint density at radius 2 is 2.09 bits per heavy atom. The summed E-state index contributed by atoms with van der Waals surface area (Å²) in [5, 5.41) is 9.59. The number of imidazole rings is 1. The van der Waals surface area contributed by atoms with E-state index in [1.807, 2.05) is 28.8 Å². The van der Waals surface area contributed by atoms with Crippen molar-refractivity contribution in [2.24, 2.45) is 5.92 Å². The Morgan fingerprint density at radius 1 is 1.35 bits per heavy atom. The third-order valence-corrected chi connectivity index (χ3v) is 5.14. The predicted octanol–water partition coefficient (Wildman–Crippen LogP) is 2.32. The topological polar surface area (TPSA) is 58.4 Å². The van der Waals surface area contributed by atoms with Crippen LogP contribution >= 0.6 is 0 Å². The van der Waals surface area contributed by atoms with Crippen LogP contribution in [0.4, 0.5) is 0 Å². The van der Waals surface area contributed by atoms with E-state index >= 15 is 0 Å². The van der Waals surface area contributed by atoms with Crippen LogP contribution in [0.2, 0.25) is 0 Å². The number of aromatic nitrogens is 2. The zero-order valence-corrected chi connectivity index (χ0v) is 13.5. The molecule has 1 aromatic carbocycles. The lowest BCUT2D eigenvalue weighted by Crippen LogP contribution is -2.43. The first kappa shape index (κ1) is 14.7. The molecule has 122 valence electrons. The number of para-hydroxylation sites is 2. The van der Waals surface area contributed by atoms with Gasteiger partial charge in [0.1, 0.15) is 19.0 Å². The molecule has 2 aliphatic carbocycles. The van der Waals surface area contributed by atoms with Crippen LogP contribution < -0.4 is 0 Å². The Labute approximate surface area is 135 Å². The minimum Gasteiger partial charge on any atom is -0.388 e. The third-order valence-electron chi connectivity index (χ3n) is 5.14. The first-order chi connectivity index (χ1) is 11.2. The van der Waals surface area contributed by atoms with Crippen molar-refractivity contribution in [2.45, 2.75) is 57.8 Å². The summed E-state index contributed by atoms with van der Waals surface area (Å²) in [6, 6.07) is 8.50. The number of benzene rings is 1. The highest BCUT2D eigenvalue weighted by atomic mass is 16.3. The lowest BCUT2D eigenvalue weighted by atomic mass is 10.1. The summed E-state index contributed by atoms with van der Waals surface area (Å²) in [4.78, 5) is 19.5. The second kappa shape index (κ2) is 5.64. The van der Waals surface area contributed by atoms with Gasteiger partial charge in [0, 0.05) is 12.1 Å². The Balaban J connectivity index is 1.62. The number of nitrogens with zero attached hydrogens (tertiary/aromatic N) is 3. The number of fused-ring (bicyclic) bond motifs is 1. The molecule has 2 aromatic rings. The zero-order chi connectivity index (χ0) is 16.0. The summed E-state index contributed by atoms with van der Waals surface area (Å²) in [5.41, 5.74) is 1.75. The summed E-state index contributed by atoms with van der Waals surface area (Å²) in [7, 11) is 0. The van der Waals surface area contributed by atoms with Crippen LogP contribution in [-0.2, 0) is 17.9 Å². The van der Waals surface area contributed by atoms with Gasteiger partial charge in [-0.2, -0.15) is 0 Å². The fourth-order valence-corrected chi connectivity index (χ4v) is 3.56. The molecule has 2 aliphatic rings. The van der Waals surface area contributed by atoms with E-state index in [-0.39, 0.29) is 19.1 Å². The molecule has 0 bridgehead atoms. The van der Waals surface area contributed by atoms with Crippen LogP contribution in [0.5, 0.6) is 0 Å². The van der Waals surface area contributed by atoms with Crippen LogP contribution in [0.3, 0.4) is 0 Å². The maximum atomic E-state index is 13.0. The molecule has 1 unspecified atom stereocenters. The van der Waals surface area contributed by atoms with Gasteiger partial charge in [-0.1, -0.05) is 12.1 Å². The van der Waals surface area contributed by atoms with Gasteiger partial charge in [0.25, 0.3) is 0 Å². The minimum atomic E-state index is -0.149. The highest BCUT2D eigenvalue weighted by molar-refractivity contribution is 5.81. The molecule has 0 saturated heterocycles. The number of carbonyl (C=O) groups excluding carboxylic acids is 1. The number of hydrogen-bond acceptors (Lipinski definition) is 3. The summed E-state index contributed by atoms with van der Waals surface area (Å²) < 4.78 is 1.87. The fourth-order valence-electron chi connectivity index (χ4n) is 3.56. The Hall–Kier alpha value is -1.88. The van der Waals surface area contributed by atoms with E-state index in [0.717, 1.165) is 23.9 Å². The predicted molar refractivity (Wildman–Crippen MR) is 87.7 cm³/mol. The summed E-state index contributed by atoms with van der Waals surface area (Å²) >= 11 is 0. The first-order valence-corrected chi connectivity index (χ1v) is 8.55. The average molecular weight is 313 g/mol. The molecule has 1 N–H and O–H groups in total. The minimum absolute atomic E-state index is 0.149. The van der Waals surface area contributed by atoms with Crippen molar-refractivity contribution in [1.29, 1.82) is 0 Å². The molecule has 1 aromatic heterocycles. The van der Waals surface area contributed by atoms with Gasteiger partial charge in [0.05, 0.1) is 11.0 Å². The van der Waals surface area contributed by atoms with Crippen molar-refractivity contribution in [1.82, 2.24) is 14.5 Å². The zero-order valence-electron chi connectivity index (χ0n) is 13.5. The molecule has 0 radical (unpaired) electrons. The van der Waals surface area contributed by atoms with Gasteiger partial charge in [-0.25, -0.2) is 4.98 Å². The van der Waals surface area contributed by atoms with Gasteiger partial charge in [-0.15, -0.1) is 0 Å². The van der Waals surface area contributed by atoms with Crippen molar-refractivity contribution in [3.63, 3.8) is 0 Å². The van der Waals surface area contributed by atoms with Gasteiger partial charge in [-0.05, 0) is 50.7 Å². The summed E-state index contributed by atoms with van der Waals surface area (Å²) in [6.45, 7) is 2.31. The van der Waals surface area contributed by atoms with E-state index < -0.39 is 0 Å². The Kier molecular flexibility index (Phi) is 3.60. The van der Waals surface area contributed by atoms with E-state index in [0.29, 0.717) is 23.8 Å². The molecule has 0 spiro atoms. The number of rotatable bonds is 6. The normalized spacial score (nSPS) is 19.0. The van der Waals surface area contributed by atoms with Gasteiger partial charge in [0.15, 0.2) is 0 Å². The van der Waals surface area contributed by atoms with Gasteiger partial charge >= 0.3 is 0 Å². The van der Waals surface area contributed by atoms with Crippen LogP contribution in [-0.4, -0.2) is 37.5 Å².